The van der Waals surface area contributed by atoms with Gasteiger partial charge in [0.05, 0.1) is 0 Å². The molecule has 0 unspecified atom stereocenters. The van der Waals surface area contributed by atoms with E-state index in [1.165, 1.54) is 37.3 Å². The number of rotatable bonds is 6. The van der Waals surface area contributed by atoms with Crippen molar-refractivity contribution in [2.45, 2.75) is 6.92 Å². The topological polar surface area (TPSA) is 82.6 Å². The summed E-state index contributed by atoms with van der Waals surface area (Å²) in [5.74, 6) is -0.994. The van der Waals surface area contributed by atoms with Crippen molar-refractivity contribution in [3.8, 4) is 11.5 Å². The Hall–Kier alpha value is -4.06. The number of nitrogens with zero attached hydrogens (tertiary/aromatic N) is 1. The van der Waals surface area contributed by atoms with E-state index in [2.05, 4.69) is 4.98 Å². The second-order valence-electron chi connectivity index (χ2n) is 5.98. The van der Waals surface area contributed by atoms with Gasteiger partial charge in [-0.25, -0.2) is 4.79 Å². The van der Waals surface area contributed by atoms with Crippen LogP contribution in [0.4, 0.5) is 0 Å². The van der Waals surface area contributed by atoms with Gasteiger partial charge in [-0.05, 0) is 60.2 Å². The quantitative estimate of drug-likeness (QED) is 0.274. The van der Waals surface area contributed by atoms with Gasteiger partial charge < -0.3 is 9.47 Å². The second kappa shape index (κ2) is 9.23. The van der Waals surface area contributed by atoms with E-state index < -0.39 is 11.9 Å². The van der Waals surface area contributed by atoms with Crippen LogP contribution in [0, 0.1) is 0 Å². The Bertz CT molecular complexity index is 1060. The lowest BCUT2D eigenvalue weighted by atomic mass is 10.1. The Balaban J connectivity index is 1.68. The summed E-state index contributed by atoms with van der Waals surface area (Å²) in [5.41, 5.74) is 1.45. The number of hydrogen-bond acceptors (Lipinski definition) is 6. The van der Waals surface area contributed by atoms with E-state index in [4.69, 9.17) is 9.47 Å². The van der Waals surface area contributed by atoms with Crippen LogP contribution in [-0.2, 0) is 4.79 Å². The molecule has 0 aliphatic carbocycles. The first-order chi connectivity index (χ1) is 14.0. The summed E-state index contributed by atoms with van der Waals surface area (Å²) in [7, 11) is 0. The molecule has 144 valence electrons. The predicted molar refractivity (Wildman–Crippen MR) is 107 cm³/mol. The first-order valence-corrected chi connectivity index (χ1v) is 8.75. The first-order valence-electron chi connectivity index (χ1n) is 8.75. The van der Waals surface area contributed by atoms with E-state index in [-0.39, 0.29) is 22.8 Å². The summed E-state index contributed by atoms with van der Waals surface area (Å²) in [6.45, 7) is 1.25. The van der Waals surface area contributed by atoms with Crippen molar-refractivity contribution in [3.05, 3.63) is 95.8 Å². The molecule has 2 aromatic carbocycles. The lowest BCUT2D eigenvalue weighted by molar-refractivity contribution is -0.131. The lowest BCUT2D eigenvalue weighted by Crippen LogP contribution is -2.12. The molecule has 3 rings (SSSR count). The summed E-state index contributed by atoms with van der Waals surface area (Å²) in [5, 5.41) is 0. The van der Waals surface area contributed by atoms with Crippen molar-refractivity contribution in [2.24, 2.45) is 0 Å². The zero-order valence-corrected chi connectivity index (χ0v) is 15.6. The van der Waals surface area contributed by atoms with E-state index >= 15 is 0 Å². The maximum atomic E-state index is 12.4. The van der Waals surface area contributed by atoms with Crippen molar-refractivity contribution >= 4 is 23.8 Å². The van der Waals surface area contributed by atoms with Gasteiger partial charge in [0.15, 0.2) is 5.78 Å². The van der Waals surface area contributed by atoms with E-state index in [1.54, 1.807) is 54.9 Å². The Morgan fingerprint density at radius 3 is 2.24 bits per heavy atom. The number of pyridine rings is 1. The smallest absolute Gasteiger partial charge is 0.347 e. The molecule has 0 aliphatic rings. The number of para-hydroxylation sites is 1. The third-order valence-corrected chi connectivity index (χ3v) is 3.84. The van der Waals surface area contributed by atoms with Crippen LogP contribution in [0.5, 0.6) is 11.5 Å². The standard InChI is InChI=1S/C23H17NO5/c1-16(25)28-22-5-3-2-4-20(22)23(27)29-19-9-7-18(8-10-19)21(26)11-6-17-12-14-24-15-13-17/h2-15H,1H3/b11-6+. The molecule has 0 radical (unpaired) electrons. The van der Waals surface area contributed by atoms with Crippen LogP contribution in [0.15, 0.2) is 79.1 Å². The van der Waals surface area contributed by atoms with Crippen LogP contribution in [0.25, 0.3) is 6.08 Å². The van der Waals surface area contributed by atoms with Crippen LogP contribution in [0.3, 0.4) is 0 Å². The molecule has 0 aliphatic heterocycles. The van der Waals surface area contributed by atoms with Crippen LogP contribution in [0.2, 0.25) is 0 Å². The maximum absolute atomic E-state index is 12.4. The Morgan fingerprint density at radius 1 is 0.862 bits per heavy atom. The van der Waals surface area contributed by atoms with Gasteiger partial charge in [-0.15, -0.1) is 0 Å². The number of esters is 2. The fourth-order valence-corrected chi connectivity index (χ4v) is 2.47. The molecule has 6 nitrogen and oxygen atoms in total. The fourth-order valence-electron chi connectivity index (χ4n) is 2.47. The normalized spacial score (nSPS) is 10.5. The highest BCUT2D eigenvalue weighted by Gasteiger charge is 2.16. The van der Waals surface area contributed by atoms with Gasteiger partial charge in [0.25, 0.3) is 0 Å². The lowest BCUT2D eigenvalue weighted by Gasteiger charge is -2.09. The molecule has 6 heteroatoms. The molecule has 0 saturated carbocycles. The average Bonchev–Trinajstić information content (AvgIpc) is 2.73. The molecule has 29 heavy (non-hydrogen) atoms. The van der Waals surface area contributed by atoms with E-state index in [9.17, 15) is 14.4 Å². The highest BCUT2D eigenvalue weighted by atomic mass is 16.5. The van der Waals surface area contributed by atoms with Crippen molar-refractivity contribution in [1.29, 1.82) is 0 Å². The molecular weight excluding hydrogens is 370 g/mol. The summed E-state index contributed by atoms with van der Waals surface area (Å²) >= 11 is 0. The van der Waals surface area contributed by atoms with Gasteiger partial charge >= 0.3 is 11.9 Å². The van der Waals surface area contributed by atoms with Crippen molar-refractivity contribution in [3.63, 3.8) is 0 Å². The van der Waals surface area contributed by atoms with Crippen LogP contribution < -0.4 is 9.47 Å². The van der Waals surface area contributed by atoms with E-state index in [1.807, 2.05) is 0 Å². The highest BCUT2D eigenvalue weighted by molar-refractivity contribution is 6.06. The molecule has 0 fully saturated rings. The molecule has 0 atom stereocenters. The van der Waals surface area contributed by atoms with Crippen LogP contribution >= 0.6 is 0 Å². The third kappa shape index (κ3) is 5.46. The van der Waals surface area contributed by atoms with Gasteiger partial charge in [0.2, 0.25) is 0 Å². The van der Waals surface area contributed by atoms with Crippen LogP contribution in [0.1, 0.15) is 33.2 Å². The minimum absolute atomic E-state index is 0.123. The molecular formula is C23H17NO5. The van der Waals surface area contributed by atoms with Gasteiger partial charge in [0, 0.05) is 24.9 Å². The zero-order valence-electron chi connectivity index (χ0n) is 15.6. The van der Waals surface area contributed by atoms with Gasteiger partial charge in [-0.3, -0.25) is 14.6 Å². The largest absolute Gasteiger partial charge is 0.426 e. The fraction of sp³-hybridized carbons (Fsp3) is 0.0435. The number of ether oxygens (including phenoxy) is 2. The number of carbonyl (C=O) groups is 3. The minimum atomic E-state index is -0.668. The maximum Gasteiger partial charge on any atom is 0.347 e. The second-order valence-corrected chi connectivity index (χ2v) is 5.98. The molecule has 0 spiro atoms. The number of aromatic nitrogens is 1. The monoisotopic (exact) mass is 387 g/mol. The molecule has 0 amide bonds. The van der Waals surface area contributed by atoms with Gasteiger partial charge in [-0.1, -0.05) is 18.2 Å². The number of hydrogen-bond donors (Lipinski definition) is 0. The molecule has 1 heterocycles. The molecule has 1 aromatic heterocycles. The molecule has 0 N–H and O–H groups in total. The Kier molecular flexibility index (Phi) is 6.27. The summed E-state index contributed by atoms with van der Waals surface area (Å²) in [6.07, 6.45) is 6.45. The summed E-state index contributed by atoms with van der Waals surface area (Å²) in [4.78, 5) is 39.8. The SMILES string of the molecule is CC(=O)Oc1ccccc1C(=O)Oc1ccc(C(=O)/C=C/c2ccncc2)cc1. The van der Waals surface area contributed by atoms with Gasteiger partial charge in [0.1, 0.15) is 17.1 Å². The van der Waals surface area contributed by atoms with E-state index in [0.717, 1.165) is 5.56 Å². The Morgan fingerprint density at radius 2 is 1.55 bits per heavy atom. The molecule has 0 saturated heterocycles. The molecule has 3 aromatic rings. The third-order valence-electron chi connectivity index (χ3n) is 3.84. The van der Waals surface area contributed by atoms with Crippen molar-refractivity contribution < 1.29 is 23.9 Å². The minimum Gasteiger partial charge on any atom is -0.426 e. The van der Waals surface area contributed by atoms with E-state index in [0.29, 0.717) is 5.56 Å². The van der Waals surface area contributed by atoms with Gasteiger partial charge in [-0.2, -0.15) is 0 Å². The predicted octanol–water partition coefficient (Wildman–Crippen LogP) is 4.12. The first kappa shape index (κ1) is 19.7. The van der Waals surface area contributed by atoms with Crippen LogP contribution in [-0.4, -0.2) is 22.7 Å². The summed E-state index contributed by atoms with van der Waals surface area (Å²) in [6, 6.07) is 16.1. The number of benzene rings is 2. The summed E-state index contributed by atoms with van der Waals surface area (Å²) < 4.78 is 10.3. The number of allylic oxidation sites excluding steroid dienone is 1. The highest BCUT2D eigenvalue weighted by Crippen LogP contribution is 2.21. The number of carbonyl (C=O) groups excluding carboxylic acids is 3. The number of ketones is 1. The Labute approximate surface area is 167 Å². The molecule has 0 bridgehead atoms. The van der Waals surface area contributed by atoms with Crippen molar-refractivity contribution in [1.82, 2.24) is 4.98 Å². The average molecular weight is 387 g/mol. The van der Waals surface area contributed by atoms with Crippen molar-refractivity contribution in [2.75, 3.05) is 0 Å². The zero-order chi connectivity index (χ0) is 20.6.